The van der Waals surface area contributed by atoms with E-state index in [-0.39, 0.29) is 23.9 Å². The van der Waals surface area contributed by atoms with Crippen LogP contribution in [0.1, 0.15) is 23.6 Å². The van der Waals surface area contributed by atoms with E-state index in [2.05, 4.69) is 10.4 Å². The van der Waals surface area contributed by atoms with Crippen LogP contribution in [0.25, 0.3) is 16.7 Å². The molecule has 2 aromatic carbocycles. The van der Waals surface area contributed by atoms with Crippen molar-refractivity contribution in [2.24, 2.45) is 0 Å². The zero-order chi connectivity index (χ0) is 22.4. The first kappa shape index (κ1) is 20.8. The summed E-state index contributed by atoms with van der Waals surface area (Å²) >= 11 is 7.59. The van der Waals surface area contributed by atoms with E-state index in [1.54, 1.807) is 21.4 Å². The quantitative estimate of drug-likeness (QED) is 0.448. The van der Waals surface area contributed by atoms with E-state index in [0.29, 0.717) is 27.0 Å². The van der Waals surface area contributed by atoms with Crippen LogP contribution in [0.3, 0.4) is 0 Å². The molecule has 1 aliphatic heterocycles. The van der Waals surface area contributed by atoms with Crippen molar-refractivity contribution in [1.82, 2.24) is 19.3 Å². The molecule has 1 unspecified atom stereocenters. The topological polar surface area (TPSA) is 81.8 Å². The molecule has 5 rings (SSSR count). The highest BCUT2D eigenvalue weighted by atomic mass is 35.5. The van der Waals surface area contributed by atoms with Gasteiger partial charge < -0.3 is 5.32 Å². The number of amides is 1. The number of halogens is 1. The van der Waals surface area contributed by atoms with Crippen molar-refractivity contribution < 1.29 is 4.79 Å². The van der Waals surface area contributed by atoms with Crippen molar-refractivity contribution in [2.75, 3.05) is 11.1 Å². The Morgan fingerprint density at radius 2 is 2.06 bits per heavy atom. The fourth-order valence-electron chi connectivity index (χ4n) is 3.88. The number of hydrogen-bond donors (Lipinski definition) is 1. The first-order chi connectivity index (χ1) is 15.4. The number of hydrogen-bond acceptors (Lipinski definition) is 5. The Morgan fingerprint density at radius 3 is 2.88 bits per heavy atom. The molecule has 2 aromatic heterocycles. The average molecular weight is 466 g/mol. The lowest BCUT2D eigenvalue weighted by atomic mass is 10.1. The van der Waals surface area contributed by atoms with Gasteiger partial charge in [-0.05, 0) is 49.2 Å². The summed E-state index contributed by atoms with van der Waals surface area (Å²) in [4.78, 5) is 30.7. The van der Waals surface area contributed by atoms with Gasteiger partial charge in [-0.3, -0.25) is 14.2 Å². The van der Waals surface area contributed by atoms with Crippen molar-refractivity contribution in [3.8, 4) is 5.69 Å². The van der Waals surface area contributed by atoms with Crippen LogP contribution in [-0.2, 0) is 4.79 Å². The Labute approximate surface area is 193 Å². The third kappa shape index (κ3) is 3.59. The molecule has 0 saturated heterocycles. The minimum Gasteiger partial charge on any atom is -0.326 e. The summed E-state index contributed by atoms with van der Waals surface area (Å²) in [6, 6.07) is 12.8. The van der Waals surface area contributed by atoms with Crippen LogP contribution in [0.5, 0.6) is 0 Å². The molecule has 162 valence electrons. The third-order valence-corrected chi connectivity index (χ3v) is 7.06. The second-order valence-electron chi connectivity index (χ2n) is 7.81. The summed E-state index contributed by atoms with van der Waals surface area (Å²) in [5.41, 5.74) is 3.98. The summed E-state index contributed by atoms with van der Waals surface area (Å²) in [6.45, 7) is 3.99. The molecule has 9 heteroatoms. The molecule has 0 spiro atoms. The van der Waals surface area contributed by atoms with Gasteiger partial charge in [-0.25, -0.2) is 9.67 Å². The van der Waals surface area contributed by atoms with Gasteiger partial charge in [0.25, 0.3) is 5.56 Å². The Bertz CT molecular complexity index is 1430. The SMILES string of the molecule is Cc1cccc(NC(=O)CC2CSc3nc4c(cnn4-c4cccc(Cl)c4)c(=O)n32)c1C. The summed E-state index contributed by atoms with van der Waals surface area (Å²) in [5, 5.41) is 8.93. The molecule has 0 bridgehead atoms. The van der Waals surface area contributed by atoms with Gasteiger partial charge in [-0.15, -0.1) is 0 Å². The summed E-state index contributed by atoms with van der Waals surface area (Å²) in [5.74, 6) is 0.485. The number of rotatable bonds is 4. The molecule has 1 aliphatic rings. The number of thioether (sulfide) groups is 1. The van der Waals surface area contributed by atoms with Gasteiger partial charge >= 0.3 is 0 Å². The number of benzene rings is 2. The summed E-state index contributed by atoms with van der Waals surface area (Å²) in [6.07, 6.45) is 1.72. The minimum absolute atomic E-state index is 0.126. The lowest BCUT2D eigenvalue weighted by Crippen LogP contribution is -2.28. The molecule has 1 N–H and O–H groups in total. The lowest BCUT2D eigenvalue weighted by Gasteiger charge is -2.15. The second kappa shape index (κ2) is 8.11. The number of anilines is 1. The zero-order valence-electron chi connectivity index (χ0n) is 17.5. The van der Waals surface area contributed by atoms with E-state index in [4.69, 9.17) is 16.6 Å². The molecule has 32 heavy (non-hydrogen) atoms. The average Bonchev–Trinajstić information content (AvgIpc) is 3.36. The van der Waals surface area contributed by atoms with Crippen LogP contribution >= 0.6 is 23.4 Å². The van der Waals surface area contributed by atoms with Crippen LogP contribution in [0.4, 0.5) is 5.69 Å². The summed E-state index contributed by atoms with van der Waals surface area (Å²) in [7, 11) is 0. The van der Waals surface area contributed by atoms with E-state index in [1.807, 2.05) is 44.2 Å². The highest BCUT2D eigenvalue weighted by Gasteiger charge is 2.29. The van der Waals surface area contributed by atoms with Crippen molar-refractivity contribution in [2.45, 2.75) is 31.5 Å². The zero-order valence-corrected chi connectivity index (χ0v) is 19.1. The van der Waals surface area contributed by atoms with Crippen molar-refractivity contribution >= 4 is 46.0 Å². The van der Waals surface area contributed by atoms with Gasteiger partial charge in [0.2, 0.25) is 5.91 Å². The second-order valence-corrected chi connectivity index (χ2v) is 9.23. The van der Waals surface area contributed by atoms with Crippen LogP contribution in [0, 0.1) is 13.8 Å². The smallest absolute Gasteiger partial charge is 0.265 e. The molecule has 0 fully saturated rings. The van der Waals surface area contributed by atoms with Gasteiger partial charge in [0, 0.05) is 22.9 Å². The highest BCUT2D eigenvalue weighted by Crippen LogP contribution is 2.34. The standard InChI is InChI=1S/C23H20ClN5O2S/c1-13-5-3-8-19(14(13)2)26-20(30)10-17-12-32-23-27-21-18(22(31)28(17)23)11-25-29(21)16-7-4-6-15(24)9-16/h3-9,11,17H,10,12H2,1-2H3,(H,26,30). The molecular weight excluding hydrogens is 446 g/mol. The van der Waals surface area contributed by atoms with Gasteiger partial charge in [-0.1, -0.05) is 41.6 Å². The van der Waals surface area contributed by atoms with E-state index >= 15 is 0 Å². The molecule has 1 amide bonds. The van der Waals surface area contributed by atoms with Crippen LogP contribution in [0.2, 0.25) is 5.02 Å². The first-order valence-corrected chi connectivity index (χ1v) is 11.5. The fourth-order valence-corrected chi connectivity index (χ4v) is 5.19. The largest absolute Gasteiger partial charge is 0.326 e. The molecule has 0 aliphatic carbocycles. The Morgan fingerprint density at radius 1 is 1.25 bits per heavy atom. The van der Waals surface area contributed by atoms with Gasteiger partial charge in [0.1, 0.15) is 5.39 Å². The number of carbonyl (C=O) groups is 1. The Hall–Kier alpha value is -3.10. The number of nitrogens with zero attached hydrogens (tertiary/aromatic N) is 4. The molecule has 0 saturated carbocycles. The van der Waals surface area contributed by atoms with Crippen LogP contribution in [0.15, 0.2) is 58.6 Å². The van der Waals surface area contributed by atoms with Gasteiger partial charge in [0.15, 0.2) is 10.8 Å². The number of aryl methyl sites for hydroxylation is 1. The van der Waals surface area contributed by atoms with Gasteiger partial charge in [-0.2, -0.15) is 5.10 Å². The van der Waals surface area contributed by atoms with Gasteiger partial charge in [0.05, 0.1) is 17.9 Å². The number of nitrogens with one attached hydrogen (secondary N) is 1. The maximum atomic E-state index is 13.3. The van der Waals surface area contributed by atoms with E-state index in [9.17, 15) is 9.59 Å². The molecule has 0 radical (unpaired) electrons. The Kier molecular flexibility index (Phi) is 5.27. The normalized spacial score (nSPS) is 15.2. The molecule has 7 nitrogen and oxygen atoms in total. The maximum Gasteiger partial charge on any atom is 0.265 e. The monoisotopic (exact) mass is 465 g/mol. The summed E-state index contributed by atoms with van der Waals surface area (Å²) < 4.78 is 3.24. The number of carbonyl (C=O) groups excluding carboxylic acids is 1. The molecule has 1 atom stereocenters. The lowest BCUT2D eigenvalue weighted by molar-refractivity contribution is -0.116. The van der Waals surface area contributed by atoms with E-state index < -0.39 is 0 Å². The van der Waals surface area contributed by atoms with E-state index in [1.165, 1.54) is 18.0 Å². The number of fused-ring (bicyclic) bond motifs is 2. The predicted molar refractivity (Wildman–Crippen MR) is 127 cm³/mol. The number of aromatic nitrogens is 4. The molecule has 4 aromatic rings. The Balaban J connectivity index is 1.45. The fraction of sp³-hybridized carbons (Fsp3) is 0.217. The minimum atomic E-state index is -0.265. The van der Waals surface area contributed by atoms with E-state index in [0.717, 1.165) is 22.5 Å². The van der Waals surface area contributed by atoms with Crippen molar-refractivity contribution in [3.63, 3.8) is 0 Å². The van der Waals surface area contributed by atoms with Crippen molar-refractivity contribution in [1.29, 1.82) is 0 Å². The molecule has 3 heterocycles. The van der Waals surface area contributed by atoms with Crippen molar-refractivity contribution in [3.05, 3.63) is 75.2 Å². The molecular formula is C23H20ClN5O2S. The highest BCUT2D eigenvalue weighted by molar-refractivity contribution is 7.99. The third-order valence-electron chi connectivity index (χ3n) is 5.72. The van der Waals surface area contributed by atoms with Crippen LogP contribution in [-0.4, -0.2) is 31.0 Å². The predicted octanol–water partition coefficient (Wildman–Crippen LogP) is 4.53. The maximum absolute atomic E-state index is 13.3. The first-order valence-electron chi connectivity index (χ1n) is 10.2. The van der Waals surface area contributed by atoms with Crippen LogP contribution < -0.4 is 10.9 Å².